The van der Waals surface area contributed by atoms with Crippen LogP contribution >= 0.6 is 11.3 Å². The van der Waals surface area contributed by atoms with Crippen molar-refractivity contribution in [1.82, 2.24) is 5.32 Å². The van der Waals surface area contributed by atoms with Crippen LogP contribution in [0.3, 0.4) is 0 Å². The number of rotatable bonds is 8. The smallest absolute Gasteiger partial charge is 0.161 e. The minimum Gasteiger partial charge on any atom is -0.493 e. The highest BCUT2D eigenvalue weighted by molar-refractivity contribution is 7.09. The molecule has 1 aromatic carbocycles. The molecule has 2 N–H and O–H groups in total. The third-order valence-electron chi connectivity index (χ3n) is 2.80. The molecule has 0 aliphatic carbocycles. The van der Waals surface area contributed by atoms with E-state index >= 15 is 0 Å². The molecule has 2 aromatic rings. The number of thiophene rings is 1. The topological polar surface area (TPSA) is 50.7 Å². The average molecular weight is 293 g/mol. The Kier molecular flexibility index (Phi) is 5.86. The first-order chi connectivity index (χ1) is 9.83. The van der Waals surface area contributed by atoms with Crippen molar-refractivity contribution in [3.63, 3.8) is 0 Å². The van der Waals surface area contributed by atoms with Gasteiger partial charge in [0.1, 0.15) is 6.61 Å². The van der Waals surface area contributed by atoms with Crippen molar-refractivity contribution >= 4 is 11.3 Å². The molecule has 4 nitrogen and oxygen atoms in total. The van der Waals surface area contributed by atoms with E-state index < -0.39 is 0 Å². The molecule has 0 spiro atoms. The normalized spacial score (nSPS) is 10.5. The van der Waals surface area contributed by atoms with Gasteiger partial charge < -0.3 is 19.9 Å². The lowest BCUT2D eigenvalue weighted by Gasteiger charge is -2.12. The largest absolute Gasteiger partial charge is 0.493 e. The van der Waals surface area contributed by atoms with Gasteiger partial charge in [0.25, 0.3) is 0 Å². The quantitative estimate of drug-likeness (QED) is 0.734. The molecule has 20 heavy (non-hydrogen) atoms. The van der Waals surface area contributed by atoms with Crippen molar-refractivity contribution in [2.24, 2.45) is 0 Å². The van der Waals surface area contributed by atoms with Crippen LogP contribution in [-0.2, 0) is 13.2 Å². The predicted octanol–water partition coefficient (Wildman–Crippen LogP) is 2.42. The molecule has 5 heteroatoms. The van der Waals surface area contributed by atoms with Gasteiger partial charge in [0.15, 0.2) is 11.5 Å². The maximum atomic E-state index is 8.74. The van der Waals surface area contributed by atoms with Gasteiger partial charge in [-0.2, -0.15) is 0 Å². The summed E-state index contributed by atoms with van der Waals surface area (Å²) in [5, 5.41) is 13.9. The molecular formula is C15H19NO3S. The molecule has 0 saturated heterocycles. The molecule has 1 aromatic heterocycles. The van der Waals surface area contributed by atoms with E-state index in [1.54, 1.807) is 18.4 Å². The second-order valence-electron chi connectivity index (χ2n) is 4.25. The molecule has 1 heterocycles. The van der Waals surface area contributed by atoms with E-state index in [1.165, 1.54) is 4.88 Å². The molecule has 108 valence electrons. The second-order valence-corrected chi connectivity index (χ2v) is 5.29. The second kappa shape index (κ2) is 7.89. The van der Waals surface area contributed by atoms with Gasteiger partial charge in [-0.3, -0.25) is 0 Å². The van der Waals surface area contributed by atoms with Crippen LogP contribution in [0.25, 0.3) is 0 Å². The van der Waals surface area contributed by atoms with Crippen molar-refractivity contribution in [2.75, 3.05) is 20.3 Å². The molecule has 0 aliphatic rings. The molecule has 0 radical (unpaired) electrons. The third kappa shape index (κ3) is 4.23. The zero-order valence-corrected chi connectivity index (χ0v) is 12.3. The van der Waals surface area contributed by atoms with E-state index in [1.807, 2.05) is 35.7 Å². The first kappa shape index (κ1) is 14.8. The summed E-state index contributed by atoms with van der Waals surface area (Å²) in [7, 11) is 1.64. The minimum absolute atomic E-state index is 0.138. The molecule has 0 unspecified atom stereocenters. The predicted molar refractivity (Wildman–Crippen MR) is 80.4 cm³/mol. The van der Waals surface area contributed by atoms with Gasteiger partial charge in [0.2, 0.25) is 0 Å². The molecule has 0 saturated carbocycles. The van der Waals surface area contributed by atoms with Crippen LogP contribution in [0.1, 0.15) is 10.4 Å². The Morgan fingerprint density at radius 3 is 2.85 bits per heavy atom. The Bertz CT molecular complexity index is 514. The fourth-order valence-electron chi connectivity index (χ4n) is 1.80. The Morgan fingerprint density at radius 2 is 2.15 bits per heavy atom. The summed E-state index contributed by atoms with van der Waals surface area (Å²) in [5.41, 5.74) is 1.10. The maximum Gasteiger partial charge on any atom is 0.161 e. The van der Waals surface area contributed by atoms with Crippen molar-refractivity contribution in [3.05, 3.63) is 46.2 Å². The van der Waals surface area contributed by atoms with E-state index in [-0.39, 0.29) is 6.61 Å². The summed E-state index contributed by atoms with van der Waals surface area (Å²) in [5.74, 6) is 1.47. The van der Waals surface area contributed by atoms with Gasteiger partial charge in [0, 0.05) is 18.0 Å². The van der Waals surface area contributed by atoms with Crippen LogP contribution in [0.5, 0.6) is 11.5 Å². The molecule has 0 aliphatic heterocycles. The average Bonchev–Trinajstić information content (AvgIpc) is 2.99. The lowest BCUT2D eigenvalue weighted by Crippen LogP contribution is -2.17. The molecule has 0 amide bonds. The number of ether oxygens (including phenoxy) is 2. The summed E-state index contributed by atoms with van der Waals surface area (Å²) >= 11 is 1.67. The summed E-state index contributed by atoms with van der Waals surface area (Å²) in [6, 6.07) is 9.92. The highest BCUT2D eigenvalue weighted by Gasteiger charge is 2.06. The van der Waals surface area contributed by atoms with Crippen LogP contribution in [-0.4, -0.2) is 25.4 Å². The summed E-state index contributed by atoms with van der Waals surface area (Å²) in [4.78, 5) is 1.18. The van der Waals surface area contributed by atoms with E-state index in [2.05, 4.69) is 5.32 Å². The van der Waals surface area contributed by atoms with Gasteiger partial charge in [-0.1, -0.05) is 12.1 Å². The van der Waals surface area contributed by atoms with Gasteiger partial charge in [-0.15, -0.1) is 11.3 Å². The molecule has 0 bridgehead atoms. The molecular weight excluding hydrogens is 274 g/mol. The number of aliphatic hydroxyl groups is 1. The van der Waals surface area contributed by atoms with Crippen LogP contribution in [0.2, 0.25) is 0 Å². The fourth-order valence-corrected chi connectivity index (χ4v) is 2.41. The highest BCUT2D eigenvalue weighted by Crippen LogP contribution is 2.29. The lowest BCUT2D eigenvalue weighted by atomic mass is 10.2. The SMILES string of the molecule is COc1cc(CNCCO)ccc1OCc1cccs1. The number of benzene rings is 1. The number of hydrogen-bond acceptors (Lipinski definition) is 5. The molecule has 2 rings (SSSR count). The van der Waals surface area contributed by atoms with E-state index in [4.69, 9.17) is 14.6 Å². The van der Waals surface area contributed by atoms with Crippen LogP contribution in [0, 0.1) is 0 Å². The number of methoxy groups -OCH3 is 1. The minimum atomic E-state index is 0.138. The van der Waals surface area contributed by atoms with Gasteiger partial charge >= 0.3 is 0 Å². The van der Waals surface area contributed by atoms with E-state index in [9.17, 15) is 0 Å². The van der Waals surface area contributed by atoms with Crippen molar-refractivity contribution in [1.29, 1.82) is 0 Å². The van der Waals surface area contributed by atoms with E-state index in [0.717, 1.165) is 17.1 Å². The Morgan fingerprint density at radius 1 is 1.25 bits per heavy atom. The first-order valence-corrected chi connectivity index (χ1v) is 7.35. The van der Waals surface area contributed by atoms with Crippen molar-refractivity contribution in [2.45, 2.75) is 13.2 Å². The summed E-state index contributed by atoms with van der Waals surface area (Å²) in [6.07, 6.45) is 0. The number of hydrogen-bond donors (Lipinski definition) is 2. The molecule has 0 fully saturated rings. The van der Waals surface area contributed by atoms with E-state index in [0.29, 0.717) is 19.7 Å². The van der Waals surface area contributed by atoms with Crippen LogP contribution < -0.4 is 14.8 Å². The third-order valence-corrected chi connectivity index (χ3v) is 3.65. The number of aliphatic hydroxyl groups excluding tert-OH is 1. The lowest BCUT2D eigenvalue weighted by molar-refractivity contribution is 0.286. The van der Waals surface area contributed by atoms with Gasteiger partial charge in [-0.25, -0.2) is 0 Å². The first-order valence-electron chi connectivity index (χ1n) is 6.47. The zero-order chi connectivity index (χ0) is 14.2. The van der Waals surface area contributed by atoms with Crippen LogP contribution in [0.15, 0.2) is 35.7 Å². The summed E-state index contributed by atoms with van der Waals surface area (Å²) in [6.45, 7) is 1.97. The zero-order valence-electron chi connectivity index (χ0n) is 11.5. The van der Waals surface area contributed by atoms with Crippen molar-refractivity contribution in [3.8, 4) is 11.5 Å². The summed E-state index contributed by atoms with van der Waals surface area (Å²) < 4.78 is 11.1. The standard InChI is InChI=1S/C15H19NO3S/c1-18-15-9-12(10-16-6-7-17)4-5-14(15)19-11-13-3-2-8-20-13/h2-5,8-9,16-17H,6-7,10-11H2,1H3. The molecule has 0 atom stereocenters. The monoisotopic (exact) mass is 293 g/mol. The van der Waals surface area contributed by atoms with Crippen molar-refractivity contribution < 1.29 is 14.6 Å². The maximum absolute atomic E-state index is 8.74. The number of nitrogens with one attached hydrogen (secondary N) is 1. The Balaban J connectivity index is 1.98. The Hall–Kier alpha value is -1.56. The Labute approximate surface area is 123 Å². The fraction of sp³-hybridized carbons (Fsp3) is 0.333. The van der Waals surface area contributed by atoms with Crippen LogP contribution in [0.4, 0.5) is 0 Å². The van der Waals surface area contributed by atoms with Gasteiger partial charge in [0.05, 0.1) is 13.7 Å². The van der Waals surface area contributed by atoms with Gasteiger partial charge in [-0.05, 0) is 29.1 Å². The highest BCUT2D eigenvalue weighted by atomic mass is 32.1.